The third kappa shape index (κ3) is 3.17. The van der Waals surface area contributed by atoms with Crippen molar-refractivity contribution in [1.82, 2.24) is 9.78 Å². The van der Waals surface area contributed by atoms with E-state index in [2.05, 4.69) is 24.2 Å². The van der Waals surface area contributed by atoms with Gasteiger partial charge in [0, 0.05) is 19.1 Å². The second-order valence-corrected chi connectivity index (χ2v) is 9.30. The monoisotopic (exact) mass is 406 g/mol. The summed E-state index contributed by atoms with van der Waals surface area (Å²) in [6.07, 6.45) is 10.7. The second-order valence-electron chi connectivity index (χ2n) is 9.30. The minimum absolute atomic E-state index is 0.218. The second kappa shape index (κ2) is 7.81. The van der Waals surface area contributed by atoms with Gasteiger partial charge in [0.25, 0.3) is 0 Å². The first-order valence-corrected chi connectivity index (χ1v) is 11.4. The Labute approximate surface area is 178 Å². The van der Waals surface area contributed by atoms with Gasteiger partial charge in [-0.05, 0) is 110 Å². The van der Waals surface area contributed by atoms with Crippen LogP contribution in [0.3, 0.4) is 0 Å². The fraction of sp³-hybridized carbons (Fsp3) is 0.500. The molecular weight excluding hydrogens is 375 g/mol. The van der Waals surface area contributed by atoms with Crippen LogP contribution >= 0.6 is 0 Å². The molecule has 0 bridgehead atoms. The predicted octanol–water partition coefficient (Wildman–Crippen LogP) is 6.21. The van der Waals surface area contributed by atoms with Crippen molar-refractivity contribution in [3.63, 3.8) is 0 Å². The van der Waals surface area contributed by atoms with Crippen molar-refractivity contribution in [2.45, 2.75) is 57.3 Å². The van der Waals surface area contributed by atoms with Crippen LogP contribution in [-0.4, -0.2) is 23.5 Å². The van der Waals surface area contributed by atoms with Crippen LogP contribution in [0.1, 0.15) is 56.6 Å². The lowest BCUT2D eigenvalue weighted by molar-refractivity contribution is 0.0679. The molecule has 2 aliphatic rings. The number of hydrogen-bond acceptors (Lipinski definition) is 2. The molecule has 4 heteroatoms. The van der Waals surface area contributed by atoms with E-state index in [-0.39, 0.29) is 11.2 Å². The fourth-order valence-electron chi connectivity index (χ4n) is 6.32. The minimum atomic E-state index is -0.218. The van der Waals surface area contributed by atoms with Gasteiger partial charge >= 0.3 is 0 Å². The number of ether oxygens (including phenoxy) is 1. The molecular formula is C26H31FN2O. The van der Waals surface area contributed by atoms with Crippen molar-refractivity contribution in [2.75, 3.05) is 13.7 Å². The smallest absolute Gasteiger partial charge is 0.123 e. The van der Waals surface area contributed by atoms with E-state index < -0.39 is 0 Å². The number of aromatic nitrogens is 2. The van der Waals surface area contributed by atoms with Crippen molar-refractivity contribution >= 4 is 10.9 Å². The van der Waals surface area contributed by atoms with Crippen LogP contribution in [0.4, 0.5) is 4.39 Å². The maximum absolute atomic E-state index is 13.4. The zero-order valence-corrected chi connectivity index (χ0v) is 18.0. The van der Waals surface area contributed by atoms with Crippen LogP contribution in [0.5, 0.6) is 0 Å². The van der Waals surface area contributed by atoms with Crippen molar-refractivity contribution in [2.24, 2.45) is 11.8 Å². The van der Waals surface area contributed by atoms with E-state index >= 15 is 0 Å². The summed E-state index contributed by atoms with van der Waals surface area (Å²) in [5.41, 5.74) is 5.36. The van der Waals surface area contributed by atoms with Gasteiger partial charge in [-0.1, -0.05) is 6.92 Å². The molecule has 0 aliphatic heterocycles. The first kappa shape index (κ1) is 19.7. The summed E-state index contributed by atoms with van der Waals surface area (Å²) in [6, 6.07) is 11.4. The van der Waals surface area contributed by atoms with Crippen LogP contribution in [0.25, 0.3) is 16.6 Å². The standard InChI is InChI=1S/C26H31FN2O/c1-3-26-12-11-18(17-30-2)13-21(26)6-4-5-19-15-25-20(14-24(19)26)16-28-29(25)23-9-7-22(27)8-10-23/h7-10,14-16,18,21H,3-6,11-13,17H2,1-2H3/t18?,21?,26-/m1/s1. The number of rotatable bonds is 4. The summed E-state index contributed by atoms with van der Waals surface area (Å²) in [5.74, 6) is 1.22. The van der Waals surface area contributed by atoms with E-state index in [0.717, 1.165) is 30.1 Å². The number of halogens is 1. The molecule has 0 spiro atoms. The molecule has 2 aromatic carbocycles. The molecule has 1 fully saturated rings. The van der Waals surface area contributed by atoms with Gasteiger partial charge < -0.3 is 4.74 Å². The summed E-state index contributed by atoms with van der Waals surface area (Å²) in [6.45, 7) is 3.28. The van der Waals surface area contributed by atoms with Crippen LogP contribution in [-0.2, 0) is 16.6 Å². The van der Waals surface area contributed by atoms with E-state index in [1.807, 2.05) is 18.0 Å². The quantitative estimate of drug-likeness (QED) is 0.515. The first-order chi connectivity index (χ1) is 14.6. The molecule has 5 rings (SSSR count). The Morgan fingerprint density at radius 3 is 2.80 bits per heavy atom. The molecule has 30 heavy (non-hydrogen) atoms. The molecule has 0 saturated heterocycles. The molecule has 0 radical (unpaired) electrons. The minimum Gasteiger partial charge on any atom is -0.384 e. The van der Waals surface area contributed by atoms with E-state index in [9.17, 15) is 4.39 Å². The van der Waals surface area contributed by atoms with Crippen molar-refractivity contribution in [3.8, 4) is 5.69 Å². The fourth-order valence-corrected chi connectivity index (χ4v) is 6.32. The van der Waals surface area contributed by atoms with Crippen molar-refractivity contribution in [1.29, 1.82) is 0 Å². The Morgan fingerprint density at radius 2 is 2.03 bits per heavy atom. The summed E-state index contributed by atoms with van der Waals surface area (Å²) >= 11 is 0. The molecule has 2 aliphatic carbocycles. The lowest BCUT2D eigenvalue weighted by atomic mass is 9.58. The lowest BCUT2D eigenvalue weighted by Gasteiger charge is -2.47. The number of methoxy groups -OCH3 is 1. The highest BCUT2D eigenvalue weighted by Gasteiger charge is 2.45. The average molecular weight is 407 g/mol. The Kier molecular flexibility index (Phi) is 5.14. The number of hydrogen-bond donors (Lipinski definition) is 0. The molecule has 0 N–H and O–H groups in total. The Hall–Kier alpha value is -2.20. The molecule has 1 saturated carbocycles. The molecule has 1 heterocycles. The summed E-state index contributed by atoms with van der Waals surface area (Å²) < 4.78 is 20.8. The van der Waals surface area contributed by atoms with E-state index in [4.69, 9.17) is 4.74 Å². The van der Waals surface area contributed by atoms with Crippen molar-refractivity contribution < 1.29 is 9.13 Å². The van der Waals surface area contributed by atoms with E-state index in [1.165, 1.54) is 61.6 Å². The summed E-state index contributed by atoms with van der Waals surface area (Å²) in [5, 5.41) is 5.84. The Morgan fingerprint density at radius 1 is 1.20 bits per heavy atom. The van der Waals surface area contributed by atoms with Crippen LogP contribution in [0, 0.1) is 17.7 Å². The summed E-state index contributed by atoms with van der Waals surface area (Å²) in [7, 11) is 1.83. The number of fused-ring (bicyclic) bond motifs is 4. The highest BCUT2D eigenvalue weighted by Crippen LogP contribution is 2.53. The van der Waals surface area contributed by atoms with E-state index in [0.29, 0.717) is 5.92 Å². The van der Waals surface area contributed by atoms with Gasteiger partial charge in [-0.3, -0.25) is 0 Å². The maximum Gasteiger partial charge on any atom is 0.123 e. The zero-order valence-electron chi connectivity index (χ0n) is 18.0. The zero-order chi connectivity index (χ0) is 20.7. The van der Waals surface area contributed by atoms with Crippen LogP contribution in [0.2, 0.25) is 0 Å². The summed E-state index contributed by atoms with van der Waals surface area (Å²) in [4.78, 5) is 0. The molecule has 3 atom stereocenters. The van der Waals surface area contributed by atoms with Gasteiger partial charge in [-0.15, -0.1) is 0 Å². The predicted molar refractivity (Wildman–Crippen MR) is 119 cm³/mol. The number of aryl methyl sites for hydroxylation is 1. The number of benzene rings is 2. The average Bonchev–Trinajstić information content (AvgIpc) is 3.10. The lowest BCUT2D eigenvalue weighted by Crippen LogP contribution is -2.41. The molecule has 3 aromatic rings. The van der Waals surface area contributed by atoms with Gasteiger partial charge in [-0.2, -0.15) is 5.10 Å². The van der Waals surface area contributed by atoms with E-state index in [1.54, 1.807) is 17.7 Å². The van der Waals surface area contributed by atoms with Crippen LogP contribution in [0.15, 0.2) is 42.6 Å². The topological polar surface area (TPSA) is 27.1 Å². The molecule has 3 nitrogen and oxygen atoms in total. The third-order valence-electron chi connectivity index (χ3n) is 7.83. The number of nitrogens with zero attached hydrogens (tertiary/aromatic N) is 2. The molecule has 1 aromatic heterocycles. The highest BCUT2D eigenvalue weighted by molar-refractivity contribution is 5.82. The third-order valence-corrected chi connectivity index (χ3v) is 7.83. The Bertz CT molecular complexity index is 1040. The first-order valence-electron chi connectivity index (χ1n) is 11.4. The van der Waals surface area contributed by atoms with Gasteiger partial charge in [0.1, 0.15) is 5.82 Å². The molecule has 2 unspecified atom stereocenters. The maximum atomic E-state index is 13.4. The van der Waals surface area contributed by atoms with Crippen molar-refractivity contribution in [3.05, 3.63) is 59.5 Å². The van der Waals surface area contributed by atoms with Gasteiger partial charge in [-0.25, -0.2) is 9.07 Å². The van der Waals surface area contributed by atoms with Crippen LogP contribution < -0.4 is 0 Å². The Balaban J connectivity index is 1.60. The largest absolute Gasteiger partial charge is 0.384 e. The molecule has 0 amide bonds. The SMILES string of the molecule is CC[C@@]12CCC(COC)CC1CCCc1cc3c(cnn3-c3ccc(F)cc3)cc12. The highest BCUT2D eigenvalue weighted by atomic mass is 19.1. The van der Waals surface area contributed by atoms with Gasteiger partial charge in [0.2, 0.25) is 0 Å². The van der Waals surface area contributed by atoms with Gasteiger partial charge in [0.05, 0.1) is 17.4 Å². The molecule has 158 valence electrons. The van der Waals surface area contributed by atoms with Gasteiger partial charge in [0.15, 0.2) is 0 Å². The normalized spacial score (nSPS) is 26.2.